The SMILES string of the molecule is c1cc(N2CCCCC2)ccc1NCCC1CCCO1. The lowest BCUT2D eigenvalue weighted by molar-refractivity contribution is 0.107. The van der Waals surface area contributed by atoms with E-state index in [1.807, 2.05) is 0 Å². The van der Waals surface area contributed by atoms with E-state index in [0.29, 0.717) is 6.10 Å². The summed E-state index contributed by atoms with van der Waals surface area (Å²) in [5.41, 5.74) is 2.60. The lowest BCUT2D eigenvalue weighted by atomic mass is 10.1. The molecule has 0 amide bonds. The van der Waals surface area contributed by atoms with Gasteiger partial charge in [0.25, 0.3) is 0 Å². The first kappa shape index (κ1) is 13.7. The fourth-order valence-electron chi connectivity index (χ4n) is 3.19. The van der Waals surface area contributed by atoms with Crippen LogP contribution in [-0.4, -0.2) is 32.3 Å². The van der Waals surface area contributed by atoms with Gasteiger partial charge in [0.15, 0.2) is 0 Å². The zero-order valence-electron chi connectivity index (χ0n) is 12.3. The maximum Gasteiger partial charge on any atom is 0.0592 e. The lowest BCUT2D eigenvalue weighted by Gasteiger charge is -2.28. The number of benzene rings is 1. The van der Waals surface area contributed by atoms with Crippen LogP contribution in [0.15, 0.2) is 24.3 Å². The van der Waals surface area contributed by atoms with Gasteiger partial charge in [-0.2, -0.15) is 0 Å². The van der Waals surface area contributed by atoms with Crippen LogP contribution in [0.1, 0.15) is 38.5 Å². The minimum atomic E-state index is 0.482. The number of piperidine rings is 1. The van der Waals surface area contributed by atoms with Gasteiger partial charge in [0.05, 0.1) is 6.10 Å². The summed E-state index contributed by atoms with van der Waals surface area (Å²) < 4.78 is 5.64. The van der Waals surface area contributed by atoms with Gasteiger partial charge in [0.1, 0.15) is 0 Å². The molecule has 0 bridgehead atoms. The molecule has 2 aliphatic rings. The Labute approximate surface area is 122 Å². The first-order valence-corrected chi connectivity index (χ1v) is 8.12. The fraction of sp³-hybridized carbons (Fsp3) is 0.647. The van der Waals surface area contributed by atoms with E-state index in [9.17, 15) is 0 Å². The predicted octanol–water partition coefficient (Wildman–Crippen LogP) is 3.66. The molecule has 1 aromatic rings. The first-order valence-electron chi connectivity index (χ1n) is 8.12. The molecular weight excluding hydrogens is 248 g/mol. The van der Waals surface area contributed by atoms with E-state index in [1.54, 1.807) is 0 Å². The predicted molar refractivity (Wildman–Crippen MR) is 84.6 cm³/mol. The van der Waals surface area contributed by atoms with E-state index in [1.165, 1.54) is 56.6 Å². The number of hydrogen-bond acceptors (Lipinski definition) is 3. The number of ether oxygens (including phenoxy) is 1. The van der Waals surface area contributed by atoms with E-state index in [-0.39, 0.29) is 0 Å². The third-order valence-electron chi connectivity index (χ3n) is 4.41. The molecule has 1 N–H and O–H groups in total. The van der Waals surface area contributed by atoms with Gasteiger partial charge < -0.3 is 15.0 Å². The van der Waals surface area contributed by atoms with E-state index in [4.69, 9.17) is 4.74 Å². The van der Waals surface area contributed by atoms with Crippen LogP contribution in [-0.2, 0) is 4.74 Å². The van der Waals surface area contributed by atoms with Gasteiger partial charge in [-0.1, -0.05) is 0 Å². The molecule has 0 aliphatic carbocycles. The molecule has 0 spiro atoms. The highest BCUT2D eigenvalue weighted by Gasteiger charge is 2.14. The molecule has 1 aromatic carbocycles. The number of nitrogens with zero attached hydrogens (tertiary/aromatic N) is 1. The van der Waals surface area contributed by atoms with Crippen LogP contribution in [0, 0.1) is 0 Å². The summed E-state index contributed by atoms with van der Waals surface area (Å²) in [6, 6.07) is 8.92. The first-order chi connectivity index (χ1) is 9.92. The average molecular weight is 274 g/mol. The summed E-state index contributed by atoms with van der Waals surface area (Å²) in [5.74, 6) is 0. The van der Waals surface area contributed by atoms with E-state index < -0.39 is 0 Å². The molecule has 3 nitrogen and oxygen atoms in total. The quantitative estimate of drug-likeness (QED) is 0.887. The second-order valence-electron chi connectivity index (χ2n) is 5.95. The van der Waals surface area contributed by atoms with Crippen LogP contribution in [0.3, 0.4) is 0 Å². The van der Waals surface area contributed by atoms with Crippen molar-refractivity contribution in [1.29, 1.82) is 0 Å². The average Bonchev–Trinajstić information content (AvgIpc) is 3.02. The molecule has 1 unspecified atom stereocenters. The molecule has 2 saturated heterocycles. The molecule has 1 atom stereocenters. The number of nitrogens with one attached hydrogen (secondary N) is 1. The van der Waals surface area contributed by atoms with Crippen molar-refractivity contribution < 1.29 is 4.74 Å². The highest BCUT2D eigenvalue weighted by Crippen LogP contribution is 2.22. The maximum absolute atomic E-state index is 5.64. The van der Waals surface area contributed by atoms with Crippen LogP contribution in [0.25, 0.3) is 0 Å². The van der Waals surface area contributed by atoms with Gasteiger partial charge in [-0.15, -0.1) is 0 Å². The molecule has 2 heterocycles. The normalized spacial score (nSPS) is 23.0. The largest absolute Gasteiger partial charge is 0.385 e. The Morgan fingerprint density at radius 2 is 1.85 bits per heavy atom. The van der Waals surface area contributed by atoms with Crippen molar-refractivity contribution in [2.24, 2.45) is 0 Å². The fourth-order valence-corrected chi connectivity index (χ4v) is 3.19. The van der Waals surface area contributed by atoms with E-state index in [2.05, 4.69) is 34.5 Å². The topological polar surface area (TPSA) is 24.5 Å². The van der Waals surface area contributed by atoms with Crippen LogP contribution in [0.2, 0.25) is 0 Å². The van der Waals surface area contributed by atoms with E-state index >= 15 is 0 Å². The Bertz CT molecular complexity index is 392. The Morgan fingerprint density at radius 3 is 2.55 bits per heavy atom. The van der Waals surface area contributed by atoms with Gasteiger partial charge in [-0.25, -0.2) is 0 Å². The Hall–Kier alpha value is -1.22. The summed E-state index contributed by atoms with van der Waals surface area (Å²) >= 11 is 0. The molecule has 110 valence electrons. The van der Waals surface area contributed by atoms with Crippen molar-refractivity contribution in [3.05, 3.63) is 24.3 Å². The third-order valence-corrected chi connectivity index (χ3v) is 4.41. The second kappa shape index (κ2) is 6.98. The van der Waals surface area contributed by atoms with Crippen LogP contribution in [0.4, 0.5) is 11.4 Å². The molecule has 0 aromatic heterocycles. The maximum atomic E-state index is 5.64. The molecule has 3 heteroatoms. The summed E-state index contributed by atoms with van der Waals surface area (Å²) in [6.07, 6.45) is 8.12. The van der Waals surface area contributed by atoms with Crippen LogP contribution in [0.5, 0.6) is 0 Å². The summed E-state index contributed by atoms with van der Waals surface area (Å²) in [7, 11) is 0. The standard InChI is InChI=1S/C17H26N2O/c1-2-12-19(13-3-1)16-8-6-15(7-9-16)18-11-10-17-5-4-14-20-17/h6-9,17-18H,1-5,10-14H2. The van der Waals surface area contributed by atoms with Gasteiger partial charge in [0, 0.05) is 37.6 Å². The van der Waals surface area contributed by atoms with Gasteiger partial charge in [0.2, 0.25) is 0 Å². The van der Waals surface area contributed by atoms with Crippen molar-refractivity contribution in [2.45, 2.75) is 44.6 Å². The van der Waals surface area contributed by atoms with Crippen molar-refractivity contribution in [3.8, 4) is 0 Å². The van der Waals surface area contributed by atoms with E-state index in [0.717, 1.165) is 19.6 Å². The highest BCUT2D eigenvalue weighted by atomic mass is 16.5. The van der Waals surface area contributed by atoms with Gasteiger partial charge in [-0.05, 0) is 62.8 Å². The Kier molecular flexibility index (Phi) is 4.80. The number of rotatable bonds is 5. The molecular formula is C17H26N2O. The summed E-state index contributed by atoms with van der Waals surface area (Å²) in [5, 5.41) is 3.50. The molecule has 3 rings (SSSR count). The molecule has 20 heavy (non-hydrogen) atoms. The third kappa shape index (κ3) is 3.66. The summed E-state index contributed by atoms with van der Waals surface area (Å²) in [6.45, 7) is 4.39. The van der Waals surface area contributed by atoms with Crippen LogP contribution < -0.4 is 10.2 Å². The monoisotopic (exact) mass is 274 g/mol. The highest BCUT2D eigenvalue weighted by molar-refractivity contribution is 5.55. The molecule has 2 fully saturated rings. The van der Waals surface area contributed by atoms with Crippen molar-refractivity contribution >= 4 is 11.4 Å². The molecule has 0 radical (unpaired) electrons. The second-order valence-corrected chi connectivity index (χ2v) is 5.95. The van der Waals surface area contributed by atoms with Gasteiger partial charge >= 0.3 is 0 Å². The smallest absolute Gasteiger partial charge is 0.0592 e. The van der Waals surface area contributed by atoms with Crippen molar-refractivity contribution in [2.75, 3.05) is 36.5 Å². The lowest BCUT2D eigenvalue weighted by Crippen LogP contribution is -2.29. The zero-order chi connectivity index (χ0) is 13.6. The van der Waals surface area contributed by atoms with Crippen molar-refractivity contribution in [1.82, 2.24) is 0 Å². The number of anilines is 2. The minimum absolute atomic E-state index is 0.482. The van der Waals surface area contributed by atoms with Crippen LogP contribution >= 0.6 is 0 Å². The zero-order valence-corrected chi connectivity index (χ0v) is 12.3. The molecule has 0 saturated carbocycles. The Morgan fingerprint density at radius 1 is 1.05 bits per heavy atom. The van der Waals surface area contributed by atoms with Gasteiger partial charge in [-0.3, -0.25) is 0 Å². The minimum Gasteiger partial charge on any atom is -0.385 e. The molecule has 2 aliphatic heterocycles. The number of hydrogen-bond donors (Lipinski definition) is 1. The Balaban J connectivity index is 1.45. The van der Waals surface area contributed by atoms with Crippen molar-refractivity contribution in [3.63, 3.8) is 0 Å². The summed E-state index contributed by atoms with van der Waals surface area (Å²) in [4.78, 5) is 2.50.